The fourth-order valence-corrected chi connectivity index (χ4v) is 9.49. The summed E-state index contributed by atoms with van der Waals surface area (Å²) in [6.45, 7) is 6.61. The second-order valence-corrected chi connectivity index (χ2v) is 22.6. The number of carbonyl (C=O) groups is 3. The van der Waals surface area contributed by atoms with Crippen LogP contribution in [0.4, 0.5) is 40.8 Å². The van der Waals surface area contributed by atoms with Crippen LogP contribution in [0.5, 0.6) is 23.0 Å². The van der Waals surface area contributed by atoms with Gasteiger partial charge in [0.15, 0.2) is 46.3 Å². The summed E-state index contributed by atoms with van der Waals surface area (Å²) in [5.41, 5.74) is 24.9. The third kappa shape index (κ3) is 33.3. The van der Waals surface area contributed by atoms with E-state index in [0.717, 1.165) is 19.0 Å². The maximum atomic E-state index is 13.5. The van der Waals surface area contributed by atoms with E-state index in [4.69, 9.17) is 61.2 Å². The van der Waals surface area contributed by atoms with Crippen LogP contribution in [-0.2, 0) is 33.5 Å². The first-order chi connectivity index (χ1) is 42.9. The molecule has 4 unspecified atom stereocenters. The zero-order chi connectivity index (χ0) is 68.5. The van der Waals surface area contributed by atoms with Gasteiger partial charge in [0.05, 0.1) is 31.6 Å². The van der Waals surface area contributed by atoms with Crippen LogP contribution in [0.1, 0.15) is 96.5 Å². The van der Waals surface area contributed by atoms with Crippen molar-refractivity contribution in [3.05, 3.63) is 208 Å². The van der Waals surface area contributed by atoms with E-state index in [0.29, 0.717) is 44.2 Å². The molecule has 8 rings (SSSR count). The zero-order valence-corrected chi connectivity index (χ0v) is 71.2. The van der Waals surface area contributed by atoms with Crippen molar-refractivity contribution in [3.8, 4) is 23.0 Å². The number of esters is 2. The van der Waals surface area contributed by atoms with Gasteiger partial charge in [0, 0.05) is 53.1 Å². The molecule has 0 aliphatic heterocycles. The van der Waals surface area contributed by atoms with E-state index >= 15 is 0 Å². The predicted molar refractivity (Wildman–Crippen MR) is 355 cm³/mol. The van der Waals surface area contributed by atoms with Gasteiger partial charge in [-0.1, -0.05) is 0 Å². The summed E-state index contributed by atoms with van der Waals surface area (Å²) in [5, 5.41) is 17.2. The minimum Gasteiger partial charge on any atom is -1.00 e. The number of hydrogen-bond donors (Lipinski definition) is 6. The monoisotopic (exact) mass is 1860 g/mol. The number of thiol groups is 1. The Hall–Kier alpha value is -3.86. The Labute approximate surface area is 695 Å². The van der Waals surface area contributed by atoms with Gasteiger partial charge >= 0.3 is 174 Å². The molecular formula is C58H60BBrCs2F4I2N9O14S2. The van der Waals surface area contributed by atoms with E-state index in [9.17, 15) is 35.6 Å². The Morgan fingerprint density at radius 3 is 1.30 bits per heavy atom. The van der Waals surface area contributed by atoms with Crippen molar-refractivity contribution in [2.75, 3.05) is 43.4 Å². The first kappa shape index (κ1) is 89.1. The number of methoxy groups -OCH3 is 2. The van der Waals surface area contributed by atoms with Gasteiger partial charge in [0.2, 0.25) is 0 Å². The standard InChI is InChI=1S/C15H14BrFN2O3.C15H15FN2O3.C13H12FIN2O.C9H10FIO3S.C5H6N2O.CH2O3.BHNS.2Cs.H/c1-8(22-13-5-9(16)7-19-14(13)18)12-6-10(17)3-4-11(12)15(20)21-2;1-9(21-13-4-3-7-18-14(13)17)12-8-10(16)5-6-11(12)15(19)20-2;1-8(10-7-9(14)4-5-11(10)15)18-12-3-2-6-17-13(12)16;1-6(14-15(2,12)13)8-5-7(10)3-4-9(8)11;6-5-4(8)2-1-3-7-5;2-1-4-3;1-2-3;;;/h3-8H,1-2H3,(H2,18,19);3-9H,1-2H3,(H2,17,18);2-8H,1H3,(H2,16,17);3-6H,1-2H3;1-3,8H,(H2,6,7);1,3H;3H;;;/q;;;;;;;2*+1;-1/p-1. The SMILES string of the molecule is CC(OS(C)(=O)=O)c1cc(F)ccc1I.CC(Oc1cccnc1N)c1cc(F)ccc1I.COC(=O)c1ccc(F)cc1C(C)Oc1cc(Br)cnc1N.COC(=O)c1ccc(F)cc1C(C)Oc1cccnc1N.Nc1ncccc1O.O=CO[O-].[B]=NS.[Cs+].[Cs+].[H-]. The molecule has 0 saturated heterocycles. The number of nitrogens with two attached hydrogens (primary N) is 4. The van der Waals surface area contributed by atoms with Crippen LogP contribution >= 0.6 is 73.9 Å². The number of hydrogen-bond acceptors (Lipinski definition) is 24. The van der Waals surface area contributed by atoms with E-state index in [1.807, 2.05) is 29.5 Å². The Bertz CT molecular complexity index is 3800. The average Bonchev–Trinajstić information content (AvgIpc) is 1.06. The number of nitrogens with zero attached hydrogens (tertiary/aromatic N) is 5. The Morgan fingerprint density at radius 2 is 0.957 bits per heavy atom. The molecule has 0 spiro atoms. The maximum Gasteiger partial charge on any atom is 1.00 e. The van der Waals surface area contributed by atoms with Crippen LogP contribution < -0.4 is 180 Å². The van der Waals surface area contributed by atoms with Gasteiger partial charge < -0.3 is 63.3 Å². The van der Waals surface area contributed by atoms with E-state index in [1.54, 1.807) is 75.5 Å². The molecule has 0 fully saturated rings. The number of aromatic hydroxyl groups is 1. The Kier molecular flexibility index (Phi) is 45.2. The summed E-state index contributed by atoms with van der Waals surface area (Å²) >= 11 is 10.6. The van der Waals surface area contributed by atoms with Gasteiger partial charge in [-0.3, -0.25) is 8.98 Å². The van der Waals surface area contributed by atoms with E-state index < -0.39 is 57.8 Å². The summed E-state index contributed by atoms with van der Waals surface area (Å²) in [6.07, 6.45) is 4.97. The average molecular weight is 1860 g/mol. The zero-order valence-electron chi connectivity index (χ0n) is 52.0. The first-order valence-electron chi connectivity index (χ1n) is 25.5. The number of aromatic nitrogens is 4. The van der Waals surface area contributed by atoms with Gasteiger partial charge in [-0.05, 0) is 210 Å². The smallest absolute Gasteiger partial charge is 1.00 e. The molecule has 0 amide bonds. The van der Waals surface area contributed by atoms with Crippen LogP contribution in [0.2, 0.25) is 0 Å². The normalized spacial score (nSPS) is 11.2. The van der Waals surface area contributed by atoms with Gasteiger partial charge in [-0.25, -0.2) is 47.1 Å². The third-order valence-corrected chi connectivity index (χ3v) is 14.1. The molecular weight excluding hydrogens is 1800 g/mol. The molecule has 4 aromatic heterocycles. The Balaban J connectivity index is 0. The molecule has 93 heavy (non-hydrogen) atoms. The largest absolute Gasteiger partial charge is 1.00 e. The van der Waals surface area contributed by atoms with Crippen molar-refractivity contribution >= 4 is 133 Å². The number of rotatable bonds is 15. The van der Waals surface area contributed by atoms with Crippen molar-refractivity contribution in [2.45, 2.75) is 52.1 Å². The fraction of sp³-hybridized carbons (Fsp3) is 0.190. The minimum absolute atomic E-state index is 0. The van der Waals surface area contributed by atoms with E-state index in [1.165, 1.54) is 99.5 Å². The molecule has 1 radical (unpaired) electrons. The number of ether oxygens (including phenoxy) is 5. The Morgan fingerprint density at radius 1 is 0.624 bits per heavy atom. The van der Waals surface area contributed by atoms with Crippen LogP contribution in [0.15, 0.2) is 149 Å². The van der Waals surface area contributed by atoms with E-state index in [-0.39, 0.29) is 192 Å². The summed E-state index contributed by atoms with van der Waals surface area (Å²) in [5.74, 6) is -0.579. The molecule has 8 aromatic rings. The van der Waals surface area contributed by atoms with Crippen LogP contribution in [0.25, 0.3) is 0 Å². The quantitative estimate of drug-likeness (QED) is 0.00867. The topological polar surface area (TPSA) is 361 Å². The number of halogens is 7. The summed E-state index contributed by atoms with van der Waals surface area (Å²) in [6, 6.07) is 27.9. The van der Waals surface area contributed by atoms with Crippen LogP contribution in [-0.4, -0.2) is 80.0 Å². The van der Waals surface area contributed by atoms with Gasteiger partial charge in [0.25, 0.3) is 16.6 Å². The van der Waals surface area contributed by atoms with Crippen molar-refractivity contribution in [1.82, 2.24) is 19.9 Å². The molecule has 487 valence electrons. The predicted octanol–water partition coefficient (Wildman–Crippen LogP) is 5.34. The maximum absolute atomic E-state index is 13.5. The molecule has 35 heteroatoms. The van der Waals surface area contributed by atoms with Crippen LogP contribution in [0, 0.1) is 30.4 Å². The number of nitrogen functional groups attached to an aromatic ring is 4. The molecule has 4 aromatic carbocycles. The molecule has 9 N–H and O–H groups in total. The number of carbonyl (C=O) groups excluding carboxylic acids is 3. The molecule has 0 saturated carbocycles. The summed E-state index contributed by atoms with van der Waals surface area (Å²) in [4.78, 5) is 50.2. The molecule has 0 aliphatic carbocycles. The third-order valence-electron chi connectivity index (χ3n) is 11.0. The molecule has 23 nitrogen and oxygen atoms in total. The first-order valence-corrected chi connectivity index (χ1v) is 30.6. The minimum atomic E-state index is -3.53. The van der Waals surface area contributed by atoms with Crippen molar-refractivity contribution in [3.63, 3.8) is 0 Å². The van der Waals surface area contributed by atoms with Crippen LogP contribution in [0.3, 0.4) is 0 Å². The fourth-order valence-electron chi connectivity index (χ4n) is 7.00. The molecule has 0 bridgehead atoms. The summed E-state index contributed by atoms with van der Waals surface area (Å²) in [7, 11) is 3.33. The second-order valence-electron chi connectivity index (χ2n) is 17.5. The second kappa shape index (κ2) is 47.2. The van der Waals surface area contributed by atoms with Crippen molar-refractivity contribution in [1.29, 1.82) is 0 Å². The molecule has 4 heterocycles. The van der Waals surface area contributed by atoms with Gasteiger partial charge in [-0.15, -0.1) is 0 Å². The van der Waals surface area contributed by atoms with Gasteiger partial charge in [-0.2, -0.15) is 8.42 Å². The molecule has 0 aliphatic rings. The number of anilines is 4. The number of benzene rings is 4. The molecule has 4 atom stereocenters. The number of pyridine rings is 4. The van der Waals surface area contributed by atoms with Gasteiger partial charge in [0.1, 0.15) is 47.7 Å². The van der Waals surface area contributed by atoms with Crippen molar-refractivity contribution in [2.24, 2.45) is 4.30 Å². The van der Waals surface area contributed by atoms with Crippen molar-refractivity contribution < 1.29 is 223 Å². The summed E-state index contributed by atoms with van der Waals surface area (Å²) < 4.78 is 111. The van der Waals surface area contributed by atoms with E-state index in [2.05, 4.69) is 92.8 Å².